The van der Waals surface area contributed by atoms with Crippen LogP contribution in [-0.4, -0.2) is 19.0 Å². The van der Waals surface area contributed by atoms with Gasteiger partial charge in [-0.2, -0.15) is 0 Å². The lowest BCUT2D eigenvalue weighted by atomic mass is 9.92. The van der Waals surface area contributed by atoms with Gasteiger partial charge in [-0.15, -0.1) is 12.4 Å². The van der Waals surface area contributed by atoms with Crippen molar-refractivity contribution in [2.24, 2.45) is 11.3 Å². The molecule has 2 aliphatic rings. The number of piperidine rings is 1. The minimum Gasteiger partial charge on any atom is -0.457 e. The Morgan fingerprint density at radius 2 is 1.78 bits per heavy atom. The molecule has 5 heteroatoms. The second kappa shape index (κ2) is 8.32. The highest BCUT2D eigenvalue weighted by Gasteiger charge is 2.57. The number of hydrogen-bond donors (Lipinski definition) is 2. The summed E-state index contributed by atoms with van der Waals surface area (Å²) < 4.78 is 6.10. The molecule has 1 atom stereocenters. The highest BCUT2D eigenvalue weighted by molar-refractivity contribution is 5.85. The van der Waals surface area contributed by atoms with Crippen LogP contribution in [0, 0.1) is 18.3 Å². The SMILES string of the molecule is Cc1ccccc1Oc1ccccc1CNC(=O)C1CC12CCNCC2.Cl. The van der Waals surface area contributed by atoms with Crippen LogP contribution in [0.5, 0.6) is 11.5 Å². The summed E-state index contributed by atoms with van der Waals surface area (Å²) in [5.74, 6) is 2.03. The Morgan fingerprint density at radius 3 is 2.52 bits per heavy atom. The van der Waals surface area contributed by atoms with E-state index in [0.717, 1.165) is 55.0 Å². The van der Waals surface area contributed by atoms with E-state index in [-0.39, 0.29) is 29.6 Å². The van der Waals surface area contributed by atoms with Crippen molar-refractivity contribution in [2.75, 3.05) is 13.1 Å². The van der Waals surface area contributed by atoms with Gasteiger partial charge in [0.1, 0.15) is 11.5 Å². The summed E-state index contributed by atoms with van der Waals surface area (Å²) in [5, 5.41) is 6.52. The van der Waals surface area contributed by atoms with E-state index in [2.05, 4.69) is 10.6 Å². The number of hydrogen-bond acceptors (Lipinski definition) is 3. The normalized spacial score (nSPS) is 19.8. The molecule has 4 nitrogen and oxygen atoms in total. The molecule has 1 amide bonds. The first-order chi connectivity index (χ1) is 12.7. The van der Waals surface area contributed by atoms with Crippen molar-refractivity contribution in [2.45, 2.75) is 32.7 Å². The van der Waals surface area contributed by atoms with Crippen molar-refractivity contribution in [3.63, 3.8) is 0 Å². The predicted molar refractivity (Wildman–Crippen MR) is 109 cm³/mol. The van der Waals surface area contributed by atoms with Crippen molar-refractivity contribution in [1.82, 2.24) is 10.6 Å². The second-order valence-electron chi connectivity index (χ2n) is 7.56. The van der Waals surface area contributed by atoms with Gasteiger partial charge in [-0.3, -0.25) is 4.79 Å². The first-order valence-electron chi connectivity index (χ1n) is 9.48. The molecule has 1 unspecified atom stereocenters. The number of amides is 1. The van der Waals surface area contributed by atoms with Gasteiger partial charge in [0.05, 0.1) is 0 Å². The summed E-state index contributed by atoms with van der Waals surface area (Å²) in [6.45, 7) is 4.62. The van der Waals surface area contributed by atoms with Gasteiger partial charge >= 0.3 is 0 Å². The number of rotatable bonds is 5. The van der Waals surface area contributed by atoms with Crippen LogP contribution in [0.1, 0.15) is 30.4 Å². The molecule has 2 aromatic rings. The number of nitrogens with one attached hydrogen (secondary N) is 2. The fraction of sp³-hybridized carbons (Fsp3) is 0.409. The van der Waals surface area contributed by atoms with Crippen molar-refractivity contribution >= 4 is 18.3 Å². The van der Waals surface area contributed by atoms with E-state index in [4.69, 9.17) is 4.74 Å². The van der Waals surface area contributed by atoms with Crippen molar-refractivity contribution in [1.29, 1.82) is 0 Å². The maximum atomic E-state index is 12.6. The summed E-state index contributed by atoms with van der Waals surface area (Å²) >= 11 is 0. The minimum absolute atomic E-state index is 0. The van der Waals surface area contributed by atoms with E-state index in [9.17, 15) is 4.79 Å². The molecule has 1 aliphatic heterocycles. The number of aryl methyl sites for hydroxylation is 1. The lowest BCUT2D eigenvalue weighted by Gasteiger charge is -2.23. The first kappa shape index (κ1) is 19.7. The standard InChI is InChI=1S/C22H26N2O2.ClH/c1-16-6-2-4-8-19(16)26-20-9-5-3-7-17(20)15-24-21(25)18-14-22(18)10-12-23-13-11-22;/h2-9,18,23H,10-15H2,1H3,(H,24,25);1H. The maximum absolute atomic E-state index is 12.6. The molecule has 2 N–H and O–H groups in total. The van der Waals surface area contributed by atoms with E-state index >= 15 is 0 Å². The van der Waals surface area contributed by atoms with Gasteiger partial charge < -0.3 is 15.4 Å². The van der Waals surface area contributed by atoms with E-state index in [0.29, 0.717) is 6.54 Å². The Balaban J connectivity index is 0.00000210. The average Bonchev–Trinajstić information content (AvgIpc) is 3.36. The largest absolute Gasteiger partial charge is 0.457 e. The Labute approximate surface area is 167 Å². The van der Waals surface area contributed by atoms with E-state index < -0.39 is 0 Å². The summed E-state index contributed by atoms with van der Waals surface area (Å²) in [4.78, 5) is 12.6. The van der Waals surface area contributed by atoms with E-state index in [1.165, 1.54) is 0 Å². The molecule has 1 spiro atoms. The molecule has 2 aromatic carbocycles. The van der Waals surface area contributed by atoms with Crippen LogP contribution in [-0.2, 0) is 11.3 Å². The molecule has 1 saturated carbocycles. The third kappa shape index (κ3) is 4.28. The highest BCUT2D eigenvalue weighted by atomic mass is 35.5. The van der Waals surface area contributed by atoms with Crippen LogP contribution in [0.25, 0.3) is 0 Å². The molecule has 1 heterocycles. The van der Waals surface area contributed by atoms with Crippen LogP contribution in [0.2, 0.25) is 0 Å². The Kier molecular flexibility index (Phi) is 6.08. The molecular formula is C22H27ClN2O2. The molecule has 1 saturated heterocycles. The van der Waals surface area contributed by atoms with E-state index in [1.807, 2.05) is 55.5 Å². The molecule has 0 bridgehead atoms. The van der Waals surface area contributed by atoms with Crippen molar-refractivity contribution in [3.05, 3.63) is 59.7 Å². The van der Waals surface area contributed by atoms with Crippen molar-refractivity contribution in [3.8, 4) is 11.5 Å². The van der Waals surface area contributed by atoms with Crippen LogP contribution in [0.3, 0.4) is 0 Å². The number of carbonyl (C=O) groups excluding carboxylic acids is 1. The van der Waals surface area contributed by atoms with Gasteiger partial charge in [0, 0.05) is 18.0 Å². The molecule has 1 aliphatic carbocycles. The Bertz CT molecular complexity index is 802. The number of benzene rings is 2. The van der Waals surface area contributed by atoms with Crippen LogP contribution in [0.4, 0.5) is 0 Å². The molecular weight excluding hydrogens is 360 g/mol. The Hall–Kier alpha value is -2.04. The molecule has 0 aromatic heterocycles. The summed E-state index contributed by atoms with van der Waals surface area (Å²) in [7, 11) is 0. The minimum atomic E-state index is 0. The fourth-order valence-corrected chi connectivity index (χ4v) is 4.04. The zero-order valence-electron chi connectivity index (χ0n) is 15.7. The maximum Gasteiger partial charge on any atom is 0.223 e. The number of ether oxygens (including phenoxy) is 1. The van der Waals surface area contributed by atoms with E-state index in [1.54, 1.807) is 0 Å². The Morgan fingerprint density at radius 1 is 1.11 bits per heavy atom. The summed E-state index contributed by atoms with van der Waals surface area (Å²) in [5.41, 5.74) is 2.37. The highest BCUT2D eigenvalue weighted by Crippen LogP contribution is 2.58. The lowest BCUT2D eigenvalue weighted by molar-refractivity contribution is -0.123. The third-order valence-electron chi connectivity index (χ3n) is 5.84. The molecule has 27 heavy (non-hydrogen) atoms. The van der Waals surface area contributed by atoms with Gasteiger partial charge in [-0.25, -0.2) is 0 Å². The number of halogens is 1. The molecule has 4 rings (SSSR count). The fourth-order valence-electron chi connectivity index (χ4n) is 4.04. The first-order valence-corrected chi connectivity index (χ1v) is 9.48. The van der Waals surface area contributed by atoms with Crippen LogP contribution < -0.4 is 15.4 Å². The van der Waals surface area contributed by atoms with Gasteiger partial charge in [0.25, 0.3) is 0 Å². The van der Waals surface area contributed by atoms with Crippen LogP contribution in [0.15, 0.2) is 48.5 Å². The monoisotopic (exact) mass is 386 g/mol. The van der Waals surface area contributed by atoms with Gasteiger partial charge in [0.15, 0.2) is 0 Å². The second-order valence-corrected chi connectivity index (χ2v) is 7.56. The number of carbonyl (C=O) groups is 1. The van der Waals surface area contributed by atoms with Crippen LogP contribution >= 0.6 is 12.4 Å². The summed E-state index contributed by atoms with van der Waals surface area (Å²) in [6, 6.07) is 15.9. The molecule has 144 valence electrons. The van der Waals surface area contributed by atoms with Gasteiger partial charge in [0.2, 0.25) is 5.91 Å². The van der Waals surface area contributed by atoms with Gasteiger partial charge in [-0.05, 0) is 62.4 Å². The summed E-state index contributed by atoms with van der Waals surface area (Å²) in [6.07, 6.45) is 3.29. The zero-order valence-corrected chi connectivity index (χ0v) is 16.5. The van der Waals surface area contributed by atoms with Gasteiger partial charge in [-0.1, -0.05) is 36.4 Å². The molecule has 2 fully saturated rings. The zero-order chi connectivity index (χ0) is 18.0. The predicted octanol–water partition coefficient (Wildman–Crippen LogP) is 4.22. The average molecular weight is 387 g/mol. The number of para-hydroxylation sites is 2. The smallest absolute Gasteiger partial charge is 0.223 e. The third-order valence-corrected chi connectivity index (χ3v) is 5.84. The van der Waals surface area contributed by atoms with Crippen molar-refractivity contribution < 1.29 is 9.53 Å². The lowest BCUT2D eigenvalue weighted by Crippen LogP contribution is -2.33. The topological polar surface area (TPSA) is 50.4 Å². The molecule has 0 radical (unpaired) electrons. The quantitative estimate of drug-likeness (QED) is 0.809.